The van der Waals surface area contributed by atoms with Crippen LogP contribution in [0.5, 0.6) is 11.6 Å². The number of fused-ring (bicyclic) bond motifs is 1. The average molecular weight is 369 g/mol. The molecule has 0 aliphatic carbocycles. The van der Waals surface area contributed by atoms with E-state index in [4.69, 9.17) is 13.9 Å². The summed E-state index contributed by atoms with van der Waals surface area (Å²) >= 11 is 0. The van der Waals surface area contributed by atoms with Gasteiger partial charge in [0.2, 0.25) is 11.6 Å². The van der Waals surface area contributed by atoms with Gasteiger partial charge in [0.15, 0.2) is 6.61 Å². The van der Waals surface area contributed by atoms with Crippen molar-refractivity contribution in [3.63, 3.8) is 0 Å². The van der Waals surface area contributed by atoms with Crippen LogP contribution in [0.3, 0.4) is 0 Å². The topological polar surface area (TPSA) is 86.5 Å². The summed E-state index contributed by atoms with van der Waals surface area (Å²) in [5.74, 6) is 2.31. The molecule has 0 atom stereocenters. The summed E-state index contributed by atoms with van der Waals surface area (Å²) < 4.78 is 16.5. The maximum atomic E-state index is 12.2. The number of hydrogen-bond donors (Lipinski definition) is 1. The molecule has 0 unspecified atom stereocenters. The van der Waals surface area contributed by atoms with Gasteiger partial charge in [-0.2, -0.15) is 9.97 Å². The van der Waals surface area contributed by atoms with E-state index in [1.807, 2.05) is 45.0 Å². The summed E-state index contributed by atoms with van der Waals surface area (Å²) in [4.78, 5) is 21.0. The Kier molecular flexibility index (Phi) is 5.59. The highest BCUT2D eigenvalue weighted by Gasteiger charge is 2.17. The maximum Gasteiger partial charge on any atom is 0.258 e. The van der Waals surface area contributed by atoms with Crippen molar-refractivity contribution in [3.05, 3.63) is 47.0 Å². The van der Waals surface area contributed by atoms with Crippen molar-refractivity contribution in [3.8, 4) is 11.6 Å². The highest BCUT2D eigenvalue weighted by molar-refractivity contribution is 5.84. The molecule has 142 valence electrons. The van der Waals surface area contributed by atoms with Crippen LogP contribution in [0, 0.1) is 13.8 Å². The Morgan fingerprint density at radius 1 is 1.19 bits per heavy atom. The molecule has 2 heterocycles. The van der Waals surface area contributed by atoms with Gasteiger partial charge in [0.05, 0.1) is 7.11 Å². The molecule has 27 heavy (non-hydrogen) atoms. The zero-order chi connectivity index (χ0) is 19.4. The van der Waals surface area contributed by atoms with Crippen LogP contribution in [0.25, 0.3) is 11.1 Å². The molecule has 0 aliphatic heterocycles. The molecule has 0 fully saturated rings. The molecule has 0 spiro atoms. The SMILES string of the molecule is CCc1nc(OCC(=O)NCc2ccc(OC)cc2)c2c(C)c(C)oc2n1. The number of aromatic nitrogens is 2. The monoisotopic (exact) mass is 369 g/mol. The number of rotatable bonds is 7. The number of aryl methyl sites for hydroxylation is 3. The zero-order valence-corrected chi connectivity index (χ0v) is 16.0. The van der Waals surface area contributed by atoms with Crippen LogP contribution in [0.4, 0.5) is 0 Å². The van der Waals surface area contributed by atoms with Crippen LogP contribution in [-0.2, 0) is 17.8 Å². The van der Waals surface area contributed by atoms with Gasteiger partial charge in [0.1, 0.15) is 22.7 Å². The number of amides is 1. The van der Waals surface area contributed by atoms with Crippen molar-refractivity contribution < 1.29 is 18.7 Å². The number of ether oxygens (including phenoxy) is 2. The number of nitrogens with zero attached hydrogens (tertiary/aromatic N) is 2. The third-order valence-corrected chi connectivity index (χ3v) is 4.35. The summed E-state index contributed by atoms with van der Waals surface area (Å²) in [5.41, 5.74) is 2.38. The van der Waals surface area contributed by atoms with Gasteiger partial charge < -0.3 is 19.2 Å². The second-order valence-electron chi connectivity index (χ2n) is 6.18. The lowest BCUT2D eigenvalue weighted by Gasteiger charge is -2.09. The van der Waals surface area contributed by atoms with E-state index in [9.17, 15) is 4.79 Å². The highest BCUT2D eigenvalue weighted by atomic mass is 16.5. The van der Waals surface area contributed by atoms with Crippen molar-refractivity contribution in [1.82, 2.24) is 15.3 Å². The molecule has 0 saturated carbocycles. The van der Waals surface area contributed by atoms with Crippen LogP contribution in [0.1, 0.15) is 29.6 Å². The van der Waals surface area contributed by atoms with Crippen molar-refractivity contribution in [2.24, 2.45) is 0 Å². The minimum absolute atomic E-state index is 0.130. The minimum atomic E-state index is -0.228. The van der Waals surface area contributed by atoms with Crippen molar-refractivity contribution >= 4 is 17.0 Å². The van der Waals surface area contributed by atoms with Crippen LogP contribution >= 0.6 is 0 Å². The second-order valence-corrected chi connectivity index (χ2v) is 6.18. The van der Waals surface area contributed by atoms with E-state index >= 15 is 0 Å². The van der Waals surface area contributed by atoms with E-state index in [-0.39, 0.29) is 12.5 Å². The third-order valence-electron chi connectivity index (χ3n) is 4.35. The van der Waals surface area contributed by atoms with Gasteiger partial charge in [-0.25, -0.2) is 0 Å². The number of furan rings is 1. The molecule has 1 aromatic carbocycles. The van der Waals surface area contributed by atoms with Gasteiger partial charge in [-0.05, 0) is 31.5 Å². The van der Waals surface area contributed by atoms with Gasteiger partial charge in [0, 0.05) is 18.5 Å². The minimum Gasteiger partial charge on any atom is -0.497 e. The molecule has 3 rings (SSSR count). The lowest BCUT2D eigenvalue weighted by molar-refractivity contribution is -0.123. The number of methoxy groups -OCH3 is 1. The molecular weight excluding hydrogens is 346 g/mol. The van der Waals surface area contributed by atoms with E-state index in [1.54, 1.807) is 7.11 Å². The summed E-state index contributed by atoms with van der Waals surface area (Å²) in [6.45, 7) is 6.03. The van der Waals surface area contributed by atoms with Gasteiger partial charge in [-0.1, -0.05) is 19.1 Å². The van der Waals surface area contributed by atoms with Crippen molar-refractivity contribution in [2.45, 2.75) is 33.7 Å². The zero-order valence-electron chi connectivity index (χ0n) is 16.0. The quantitative estimate of drug-likeness (QED) is 0.689. The Morgan fingerprint density at radius 2 is 1.93 bits per heavy atom. The van der Waals surface area contributed by atoms with Crippen LogP contribution in [0.2, 0.25) is 0 Å². The van der Waals surface area contributed by atoms with Crippen LogP contribution in [-0.4, -0.2) is 29.6 Å². The molecule has 7 heteroatoms. The van der Waals surface area contributed by atoms with E-state index in [0.717, 1.165) is 22.6 Å². The Bertz CT molecular complexity index is 948. The van der Waals surface area contributed by atoms with Gasteiger partial charge in [-0.15, -0.1) is 0 Å². The normalized spacial score (nSPS) is 10.8. The first kappa shape index (κ1) is 18.7. The van der Waals surface area contributed by atoms with Crippen molar-refractivity contribution in [2.75, 3.05) is 13.7 Å². The lowest BCUT2D eigenvalue weighted by Crippen LogP contribution is -2.28. The Balaban J connectivity index is 1.65. The molecule has 0 saturated heterocycles. The van der Waals surface area contributed by atoms with Gasteiger partial charge in [-0.3, -0.25) is 4.79 Å². The first-order valence-corrected chi connectivity index (χ1v) is 8.80. The largest absolute Gasteiger partial charge is 0.497 e. The summed E-state index contributed by atoms with van der Waals surface area (Å²) in [6, 6.07) is 7.51. The average Bonchev–Trinajstić information content (AvgIpc) is 2.98. The standard InChI is InChI=1S/C20H23N3O4/c1-5-16-22-19(18-12(2)13(3)27-20(18)23-16)26-11-17(24)21-10-14-6-8-15(25-4)9-7-14/h6-9H,5,10-11H2,1-4H3,(H,21,24). The second kappa shape index (κ2) is 8.07. The summed E-state index contributed by atoms with van der Waals surface area (Å²) in [5, 5.41) is 3.55. The molecule has 0 radical (unpaired) electrons. The first-order chi connectivity index (χ1) is 13.0. The number of benzene rings is 1. The molecule has 3 aromatic rings. The molecule has 1 amide bonds. The first-order valence-electron chi connectivity index (χ1n) is 8.80. The van der Waals surface area contributed by atoms with E-state index < -0.39 is 0 Å². The smallest absolute Gasteiger partial charge is 0.258 e. The van der Waals surface area contributed by atoms with Gasteiger partial charge >= 0.3 is 0 Å². The fourth-order valence-electron chi connectivity index (χ4n) is 2.65. The maximum absolute atomic E-state index is 12.2. The molecular formula is C20H23N3O4. The molecule has 1 N–H and O–H groups in total. The van der Waals surface area contributed by atoms with E-state index in [1.165, 1.54) is 0 Å². The van der Waals surface area contributed by atoms with Crippen LogP contribution < -0.4 is 14.8 Å². The molecule has 0 bridgehead atoms. The predicted molar refractivity (Wildman–Crippen MR) is 101 cm³/mol. The van der Waals surface area contributed by atoms with Gasteiger partial charge in [0.25, 0.3) is 5.91 Å². The molecule has 0 aliphatic rings. The molecule has 2 aromatic heterocycles. The number of nitrogens with one attached hydrogen (secondary N) is 1. The van der Waals surface area contributed by atoms with E-state index in [0.29, 0.717) is 35.8 Å². The summed E-state index contributed by atoms with van der Waals surface area (Å²) in [6.07, 6.45) is 0.648. The Morgan fingerprint density at radius 3 is 2.59 bits per heavy atom. The highest BCUT2D eigenvalue weighted by Crippen LogP contribution is 2.30. The molecule has 7 nitrogen and oxygen atoms in total. The summed E-state index contributed by atoms with van der Waals surface area (Å²) in [7, 11) is 1.62. The fourth-order valence-corrected chi connectivity index (χ4v) is 2.65. The Hall–Kier alpha value is -3.09. The predicted octanol–water partition coefficient (Wildman–Crippen LogP) is 3.11. The number of carbonyl (C=O) groups excluding carboxylic acids is 1. The van der Waals surface area contributed by atoms with E-state index in [2.05, 4.69) is 15.3 Å². The Labute approximate surface area is 157 Å². The number of hydrogen-bond acceptors (Lipinski definition) is 6. The lowest BCUT2D eigenvalue weighted by atomic mass is 10.2. The third kappa shape index (κ3) is 4.19. The number of carbonyl (C=O) groups is 1. The van der Waals surface area contributed by atoms with Crippen molar-refractivity contribution in [1.29, 1.82) is 0 Å². The van der Waals surface area contributed by atoms with Crippen LogP contribution in [0.15, 0.2) is 28.7 Å². The fraction of sp³-hybridized carbons (Fsp3) is 0.350.